The van der Waals surface area contributed by atoms with Gasteiger partial charge in [0.15, 0.2) is 0 Å². The van der Waals surface area contributed by atoms with Gasteiger partial charge in [0.25, 0.3) is 6.29 Å². The van der Waals surface area contributed by atoms with E-state index in [1.54, 1.807) is 6.08 Å². The topological polar surface area (TPSA) is 63.6 Å². The number of aliphatic hydroxyl groups is 1. The van der Waals surface area contributed by atoms with Crippen LogP contribution in [-0.2, 0) is 14.3 Å². The van der Waals surface area contributed by atoms with Gasteiger partial charge in [0, 0.05) is 6.92 Å². The highest BCUT2D eigenvalue weighted by Crippen LogP contribution is 2.01. The number of benzene rings is 1. The molecular formula is C14H14O4. The standard InChI is InChI=1S/C14H14O4/c1-11(15)18-14(17)13(16)10-6-5-9-12-7-3-2-4-8-12/h2-10,14,17H,1H3. The largest absolute Gasteiger partial charge is 0.428 e. The Balaban J connectivity index is 2.48. The fourth-order valence-electron chi connectivity index (χ4n) is 1.18. The van der Waals surface area contributed by atoms with E-state index >= 15 is 0 Å². The van der Waals surface area contributed by atoms with Crippen molar-refractivity contribution in [2.75, 3.05) is 0 Å². The van der Waals surface area contributed by atoms with Crippen LogP contribution in [0.4, 0.5) is 0 Å². The Kier molecular flexibility index (Phi) is 5.54. The number of ether oxygens (including phenoxy) is 1. The molecule has 94 valence electrons. The van der Waals surface area contributed by atoms with Gasteiger partial charge in [-0.2, -0.15) is 0 Å². The van der Waals surface area contributed by atoms with Crippen molar-refractivity contribution in [3.63, 3.8) is 0 Å². The molecule has 0 amide bonds. The maximum absolute atomic E-state index is 11.2. The number of allylic oxidation sites excluding steroid dienone is 2. The van der Waals surface area contributed by atoms with Gasteiger partial charge < -0.3 is 9.84 Å². The van der Waals surface area contributed by atoms with Crippen molar-refractivity contribution < 1.29 is 19.4 Å². The number of carbonyl (C=O) groups excluding carboxylic acids is 2. The van der Waals surface area contributed by atoms with Crippen molar-refractivity contribution >= 4 is 17.8 Å². The molecule has 0 radical (unpaired) electrons. The molecule has 0 heterocycles. The van der Waals surface area contributed by atoms with Crippen molar-refractivity contribution in [2.24, 2.45) is 0 Å². The smallest absolute Gasteiger partial charge is 0.305 e. The van der Waals surface area contributed by atoms with Gasteiger partial charge in [-0.1, -0.05) is 48.6 Å². The molecule has 1 aromatic carbocycles. The number of esters is 1. The predicted molar refractivity (Wildman–Crippen MR) is 67.4 cm³/mol. The highest BCUT2D eigenvalue weighted by Gasteiger charge is 2.13. The number of hydrogen-bond acceptors (Lipinski definition) is 4. The SMILES string of the molecule is CC(=O)OC(O)C(=O)C=CC=Cc1ccccc1. The minimum absolute atomic E-state index is 0.678. The second-order valence-corrected chi connectivity index (χ2v) is 3.49. The summed E-state index contributed by atoms with van der Waals surface area (Å²) < 4.78 is 4.32. The molecular weight excluding hydrogens is 232 g/mol. The van der Waals surface area contributed by atoms with Crippen molar-refractivity contribution in [3.8, 4) is 0 Å². The van der Waals surface area contributed by atoms with Crippen LogP contribution in [0.5, 0.6) is 0 Å². The second kappa shape index (κ2) is 7.19. The van der Waals surface area contributed by atoms with Crippen molar-refractivity contribution in [1.82, 2.24) is 0 Å². The maximum atomic E-state index is 11.2. The quantitative estimate of drug-likeness (QED) is 0.372. The van der Waals surface area contributed by atoms with E-state index in [2.05, 4.69) is 4.74 Å². The lowest BCUT2D eigenvalue weighted by Gasteiger charge is -2.05. The van der Waals surface area contributed by atoms with Gasteiger partial charge in [-0.25, -0.2) is 0 Å². The first kappa shape index (κ1) is 13.9. The Labute approximate surface area is 105 Å². The molecule has 1 aromatic rings. The summed E-state index contributed by atoms with van der Waals surface area (Å²) in [6, 6.07) is 9.55. The van der Waals surface area contributed by atoms with E-state index < -0.39 is 18.0 Å². The Morgan fingerprint density at radius 1 is 1.22 bits per heavy atom. The van der Waals surface area contributed by atoms with Crippen LogP contribution in [0.3, 0.4) is 0 Å². The molecule has 4 nitrogen and oxygen atoms in total. The highest BCUT2D eigenvalue weighted by atomic mass is 16.6. The first-order valence-corrected chi connectivity index (χ1v) is 5.38. The average molecular weight is 246 g/mol. The van der Waals surface area contributed by atoms with E-state index in [9.17, 15) is 9.59 Å². The maximum Gasteiger partial charge on any atom is 0.305 e. The van der Waals surface area contributed by atoms with Crippen LogP contribution in [0, 0.1) is 0 Å². The van der Waals surface area contributed by atoms with Crippen LogP contribution in [0.2, 0.25) is 0 Å². The molecule has 0 aromatic heterocycles. The molecule has 1 N–H and O–H groups in total. The van der Waals surface area contributed by atoms with E-state index in [4.69, 9.17) is 5.11 Å². The van der Waals surface area contributed by atoms with E-state index in [-0.39, 0.29) is 0 Å². The van der Waals surface area contributed by atoms with E-state index in [1.165, 1.54) is 6.08 Å². The summed E-state index contributed by atoms with van der Waals surface area (Å²) in [6.07, 6.45) is 4.36. The van der Waals surface area contributed by atoms with Crippen LogP contribution < -0.4 is 0 Å². The summed E-state index contributed by atoms with van der Waals surface area (Å²) in [5.41, 5.74) is 0.995. The van der Waals surface area contributed by atoms with Gasteiger partial charge in [0.05, 0.1) is 0 Å². The number of hydrogen-bond donors (Lipinski definition) is 1. The normalized spacial score (nSPS) is 12.8. The molecule has 0 saturated heterocycles. The minimum atomic E-state index is -1.73. The van der Waals surface area contributed by atoms with Crippen molar-refractivity contribution in [2.45, 2.75) is 13.2 Å². The summed E-state index contributed by atoms with van der Waals surface area (Å²) in [4.78, 5) is 21.7. The lowest BCUT2D eigenvalue weighted by atomic mass is 10.2. The molecule has 0 bridgehead atoms. The molecule has 0 spiro atoms. The lowest BCUT2D eigenvalue weighted by molar-refractivity contribution is -0.170. The first-order chi connectivity index (χ1) is 8.59. The Hall–Kier alpha value is -2.20. The van der Waals surface area contributed by atoms with Crippen LogP contribution >= 0.6 is 0 Å². The van der Waals surface area contributed by atoms with Gasteiger partial charge in [-0.3, -0.25) is 9.59 Å². The zero-order chi connectivity index (χ0) is 13.4. The molecule has 0 aliphatic carbocycles. The third kappa shape index (κ3) is 5.23. The molecule has 4 heteroatoms. The van der Waals surface area contributed by atoms with Crippen LogP contribution in [0.1, 0.15) is 12.5 Å². The van der Waals surface area contributed by atoms with E-state index in [0.29, 0.717) is 0 Å². The number of ketones is 1. The highest BCUT2D eigenvalue weighted by molar-refractivity contribution is 5.93. The van der Waals surface area contributed by atoms with Gasteiger partial charge in [-0.15, -0.1) is 0 Å². The summed E-state index contributed by atoms with van der Waals surface area (Å²) in [6.45, 7) is 1.12. The molecule has 1 atom stereocenters. The van der Waals surface area contributed by atoms with Crippen molar-refractivity contribution in [1.29, 1.82) is 0 Å². The van der Waals surface area contributed by atoms with Crippen LogP contribution in [-0.4, -0.2) is 23.1 Å². The summed E-state index contributed by atoms with van der Waals surface area (Å²) >= 11 is 0. The zero-order valence-electron chi connectivity index (χ0n) is 9.95. The zero-order valence-corrected chi connectivity index (χ0v) is 9.95. The molecule has 0 fully saturated rings. The Bertz CT molecular complexity index is 460. The Morgan fingerprint density at radius 3 is 2.50 bits per heavy atom. The van der Waals surface area contributed by atoms with Gasteiger partial charge in [0.1, 0.15) is 0 Å². The summed E-state index contributed by atoms with van der Waals surface area (Å²) in [5.74, 6) is -1.38. The summed E-state index contributed by atoms with van der Waals surface area (Å²) in [7, 11) is 0. The van der Waals surface area contributed by atoms with Gasteiger partial charge in [0.2, 0.25) is 5.78 Å². The van der Waals surface area contributed by atoms with Gasteiger partial charge >= 0.3 is 5.97 Å². The molecule has 1 unspecified atom stereocenters. The predicted octanol–water partition coefficient (Wildman–Crippen LogP) is 1.71. The molecule has 1 rings (SSSR count). The minimum Gasteiger partial charge on any atom is -0.428 e. The van der Waals surface area contributed by atoms with E-state index in [0.717, 1.165) is 18.6 Å². The molecule has 0 aliphatic rings. The fraction of sp³-hybridized carbons (Fsp3) is 0.143. The van der Waals surface area contributed by atoms with Crippen LogP contribution in [0.25, 0.3) is 6.08 Å². The fourth-order valence-corrected chi connectivity index (χ4v) is 1.18. The second-order valence-electron chi connectivity index (χ2n) is 3.49. The average Bonchev–Trinajstić information content (AvgIpc) is 2.34. The molecule has 18 heavy (non-hydrogen) atoms. The summed E-state index contributed by atoms with van der Waals surface area (Å²) in [5, 5.41) is 9.14. The monoisotopic (exact) mass is 246 g/mol. The number of rotatable bonds is 5. The number of carbonyl (C=O) groups is 2. The third-order valence-electron chi connectivity index (χ3n) is 1.98. The van der Waals surface area contributed by atoms with E-state index in [1.807, 2.05) is 36.4 Å². The number of aliphatic hydroxyl groups excluding tert-OH is 1. The first-order valence-electron chi connectivity index (χ1n) is 5.38. The van der Waals surface area contributed by atoms with Crippen LogP contribution in [0.15, 0.2) is 48.6 Å². The molecule has 0 aliphatic heterocycles. The Morgan fingerprint density at radius 2 is 1.89 bits per heavy atom. The van der Waals surface area contributed by atoms with Gasteiger partial charge in [-0.05, 0) is 11.6 Å². The van der Waals surface area contributed by atoms with Crippen molar-refractivity contribution in [3.05, 3.63) is 54.1 Å². The third-order valence-corrected chi connectivity index (χ3v) is 1.98. The molecule has 0 saturated carbocycles. The lowest BCUT2D eigenvalue weighted by Crippen LogP contribution is -2.23.